The zero-order valence-electron chi connectivity index (χ0n) is 10.8. The third-order valence-corrected chi connectivity index (χ3v) is 4.23. The first-order chi connectivity index (χ1) is 9.04. The van der Waals surface area contributed by atoms with Gasteiger partial charge >= 0.3 is 5.97 Å². The molecule has 102 valence electrons. The summed E-state index contributed by atoms with van der Waals surface area (Å²) in [5, 5.41) is 10.2. The van der Waals surface area contributed by atoms with Gasteiger partial charge in [0.15, 0.2) is 5.16 Å². The summed E-state index contributed by atoms with van der Waals surface area (Å²) in [5.74, 6) is -0.851. The number of hydrogen-bond donors (Lipinski definition) is 1. The molecule has 0 fully saturated rings. The lowest BCUT2D eigenvalue weighted by Crippen LogP contribution is -2.07. The van der Waals surface area contributed by atoms with E-state index in [4.69, 9.17) is 16.7 Å². The summed E-state index contributed by atoms with van der Waals surface area (Å²) in [5.41, 5.74) is 1.69. The first kappa shape index (κ1) is 14.2. The number of carboxylic acid groups (broad SMARTS) is 1. The van der Waals surface area contributed by atoms with Crippen molar-refractivity contribution in [2.24, 2.45) is 0 Å². The molecule has 0 radical (unpaired) electrons. The molecule has 0 bridgehead atoms. The summed E-state index contributed by atoms with van der Waals surface area (Å²) in [6, 6.07) is 5.80. The van der Waals surface area contributed by atoms with Crippen molar-refractivity contribution in [1.82, 2.24) is 9.55 Å². The van der Waals surface area contributed by atoms with Gasteiger partial charge in [0.05, 0.1) is 21.8 Å². The monoisotopic (exact) mass is 298 g/mol. The molecule has 0 spiro atoms. The second kappa shape index (κ2) is 5.84. The first-order valence-corrected chi connectivity index (χ1v) is 7.42. The molecule has 1 atom stereocenters. The summed E-state index contributed by atoms with van der Waals surface area (Å²) >= 11 is 7.48. The number of aliphatic carboxylic acids is 1. The van der Waals surface area contributed by atoms with Gasteiger partial charge in [0.1, 0.15) is 0 Å². The Labute approximate surface area is 120 Å². The second-order valence-electron chi connectivity index (χ2n) is 4.31. The maximum Gasteiger partial charge on any atom is 0.313 e. The molecule has 2 rings (SSSR count). The molecule has 0 saturated heterocycles. The quantitative estimate of drug-likeness (QED) is 0.852. The fourth-order valence-corrected chi connectivity index (χ4v) is 2.99. The molecule has 1 aromatic carbocycles. The van der Waals surface area contributed by atoms with Gasteiger partial charge < -0.3 is 9.67 Å². The highest BCUT2D eigenvalue weighted by atomic mass is 35.5. The number of benzene rings is 1. The van der Waals surface area contributed by atoms with Crippen molar-refractivity contribution in [3.63, 3.8) is 0 Å². The largest absolute Gasteiger partial charge is 0.481 e. The van der Waals surface area contributed by atoms with Crippen LogP contribution in [0.5, 0.6) is 0 Å². The molecule has 0 aliphatic heterocycles. The molecule has 6 heteroatoms. The fourth-order valence-electron chi connectivity index (χ4n) is 1.90. The number of rotatable bonds is 5. The zero-order valence-corrected chi connectivity index (χ0v) is 12.3. The summed E-state index contributed by atoms with van der Waals surface area (Å²) in [6.07, 6.45) is 0.928. The van der Waals surface area contributed by atoms with Gasteiger partial charge in [-0.2, -0.15) is 0 Å². The van der Waals surface area contributed by atoms with Gasteiger partial charge in [-0.1, -0.05) is 36.4 Å². The van der Waals surface area contributed by atoms with Crippen LogP contribution < -0.4 is 0 Å². The van der Waals surface area contributed by atoms with Gasteiger partial charge in [-0.05, 0) is 25.5 Å². The molecule has 2 aromatic rings. The van der Waals surface area contributed by atoms with Gasteiger partial charge in [-0.3, -0.25) is 4.79 Å². The number of halogens is 1. The van der Waals surface area contributed by atoms with Crippen molar-refractivity contribution in [2.75, 3.05) is 5.75 Å². The lowest BCUT2D eigenvalue weighted by molar-refractivity contribution is -0.133. The highest BCUT2D eigenvalue weighted by Crippen LogP contribution is 2.32. The van der Waals surface area contributed by atoms with E-state index in [1.807, 2.05) is 22.8 Å². The number of fused-ring (bicyclic) bond motifs is 1. The lowest BCUT2D eigenvalue weighted by Gasteiger charge is -2.15. The molecule has 4 nitrogen and oxygen atoms in total. The van der Waals surface area contributed by atoms with Gasteiger partial charge in [0.2, 0.25) is 0 Å². The van der Waals surface area contributed by atoms with Crippen molar-refractivity contribution in [3.8, 4) is 0 Å². The molecule has 0 saturated carbocycles. The molecule has 0 amide bonds. The first-order valence-electron chi connectivity index (χ1n) is 6.05. The smallest absolute Gasteiger partial charge is 0.313 e. The van der Waals surface area contributed by atoms with Crippen LogP contribution in [-0.4, -0.2) is 26.4 Å². The minimum absolute atomic E-state index is 0.00260. The normalized spacial score (nSPS) is 12.8. The second-order valence-corrected chi connectivity index (χ2v) is 5.66. The van der Waals surface area contributed by atoms with E-state index in [9.17, 15) is 4.79 Å². The number of aromatic nitrogens is 2. The predicted molar refractivity (Wildman–Crippen MR) is 78.1 cm³/mol. The summed E-state index contributed by atoms with van der Waals surface area (Å²) in [6.45, 7) is 4.16. The summed E-state index contributed by atoms with van der Waals surface area (Å²) in [4.78, 5) is 15.2. The molecular formula is C13H15ClN2O2S. The van der Waals surface area contributed by atoms with Crippen LogP contribution in [0.15, 0.2) is 23.4 Å². The van der Waals surface area contributed by atoms with Crippen molar-refractivity contribution in [2.45, 2.75) is 31.5 Å². The molecular weight excluding hydrogens is 284 g/mol. The number of nitrogens with zero attached hydrogens (tertiary/aromatic N) is 2. The van der Waals surface area contributed by atoms with E-state index in [1.165, 1.54) is 11.8 Å². The predicted octanol–water partition coefficient (Wildman–Crippen LogP) is 3.84. The zero-order chi connectivity index (χ0) is 14.0. The molecule has 1 aromatic heterocycles. The summed E-state index contributed by atoms with van der Waals surface area (Å²) < 4.78 is 2.03. The van der Waals surface area contributed by atoms with E-state index < -0.39 is 5.97 Å². The van der Waals surface area contributed by atoms with E-state index >= 15 is 0 Å². The number of carbonyl (C=O) groups is 1. The molecule has 19 heavy (non-hydrogen) atoms. The van der Waals surface area contributed by atoms with Crippen LogP contribution in [0.3, 0.4) is 0 Å². The Morgan fingerprint density at radius 2 is 2.32 bits per heavy atom. The molecule has 0 aliphatic rings. The maximum atomic E-state index is 10.7. The Kier molecular flexibility index (Phi) is 4.37. The van der Waals surface area contributed by atoms with Crippen LogP contribution in [0.4, 0.5) is 0 Å². The third kappa shape index (κ3) is 2.87. The van der Waals surface area contributed by atoms with E-state index in [1.54, 1.807) is 0 Å². The Bertz CT molecular complexity index is 612. The van der Waals surface area contributed by atoms with Gasteiger partial charge in [0.25, 0.3) is 0 Å². The Hall–Kier alpha value is -1.20. The van der Waals surface area contributed by atoms with Crippen LogP contribution in [0.1, 0.15) is 26.3 Å². The van der Waals surface area contributed by atoms with Crippen molar-refractivity contribution < 1.29 is 9.90 Å². The topological polar surface area (TPSA) is 55.1 Å². The van der Waals surface area contributed by atoms with Gasteiger partial charge in [-0.15, -0.1) is 0 Å². The Balaban J connectivity index is 2.55. The molecule has 1 N–H and O–H groups in total. The van der Waals surface area contributed by atoms with E-state index in [0.29, 0.717) is 10.2 Å². The molecule has 1 unspecified atom stereocenters. The maximum absolute atomic E-state index is 10.7. The number of para-hydroxylation sites is 1. The molecule has 1 heterocycles. The highest BCUT2D eigenvalue weighted by Gasteiger charge is 2.18. The average Bonchev–Trinajstić information content (AvgIpc) is 2.75. The van der Waals surface area contributed by atoms with Crippen LogP contribution in [0.2, 0.25) is 5.02 Å². The minimum Gasteiger partial charge on any atom is -0.481 e. The standard InChI is InChI=1S/C13H15ClN2O2S/c1-3-8(2)16-12-9(14)5-4-6-10(12)15-13(16)19-7-11(17)18/h4-6,8H,3,7H2,1-2H3,(H,17,18). The van der Waals surface area contributed by atoms with E-state index in [2.05, 4.69) is 18.8 Å². The Morgan fingerprint density at radius 1 is 1.58 bits per heavy atom. The molecule has 0 aliphatic carbocycles. The van der Waals surface area contributed by atoms with E-state index in [-0.39, 0.29) is 11.8 Å². The van der Waals surface area contributed by atoms with Crippen LogP contribution >= 0.6 is 23.4 Å². The van der Waals surface area contributed by atoms with Crippen LogP contribution in [0, 0.1) is 0 Å². The number of imidazole rings is 1. The van der Waals surface area contributed by atoms with Crippen molar-refractivity contribution in [3.05, 3.63) is 23.2 Å². The highest BCUT2D eigenvalue weighted by molar-refractivity contribution is 7.99. The summed E-state index contributed by atoms with van der Waals surface area (Å²) in [7, 11) is 0. The average molecular weight is 299 g/mol. The van der Waals surface area contributed by atoms with E-state index in [0.717, 1.165) is 17.5 Å². The fraction of sp³-hybridized carbons (Fsp3) is 0.385. The van der Waals surface area contributed by atoms with Gasteiger partial charge in [-0.25, -0.2) is 4.98 Å². The SMILES string of the molecule is CCC(C)n1c(SCC(=O)O)nc2cccc(Cl)c21. The number of carboxylic acids is 1. The number of hydrogen-bond acceptors (Lipinski definition) is 3. The number of thioether (sulfide) groups is 1. The van der Waals surface area contributed by atoms with Crippen molar-refractivity contribution in [1.29, 1.82) is 0 Å². The minimum atomic E-state index is -0.848. The van der Waals surface area contributed by atoms with Gasteiger partial charge in [0, 0.05) is 6.04 Å². The van der Waals surface area contributed by atoms with Crippen LogP contribution in [-0.2, 0) is 4.79 Å². The van der Waals surface area contributed by atoms with Crippen LogP contribution in [0.25, 0.3) is 11.0 Å². The lowest BCUT2D eigenvalue weighted by atomic mass is 10.2. The Morgan fingerprint density at radius 3 is 2.95 bits per heavy atom. The van der Waals surface area contributed by atoms with Crippen molar-refractivity contribution >= 4 is 40.4 Å². The third-order valence-electron chi connectivity index (χ3n) is 2.98.